The van der Waals surface area contributed by atoms with Crippen LogP contribution in [0.3, 0.4) is 0 Å². The first kappa shape index (κ1) is 12.9. The van der Waals surface area contributed by atoms with Crippen molar-refractivity contribution in [2.24, 2.45) is 0 Å². The number of nitrogens with one attached hydrogen (secondary N) is 1. The van der Waals surface area contributed by atoms with Gasteiger partial charge in [-0.3, -0.25) is 9.78 Å². The van der Waals surface area contributed by atoms with Gasteiger partial charge in [0, 0.05) is 31.1 Å². The smallest absolute Gasteiger partial charge is 0.249 e. The quantitative estimate of drug-likeness (QED) is 0.926. The largest absolute Gasteiger partial charge is 0.464 e. The van der Waals surface area contributed by atoms with E-state index in [4.69, 9.17) is 9.15 Å². The van der Waals surface area contributed by atoms with Crippen LogP contribution in [0.5, 0.6) is 0 Å². The molecule has 1 fully saturated rings. The Morgan fingerprint density at radius 1 is 1.45 bits per heavy atom. The van der Waals surface area contributed by atoms with E-state index in [-0.39, 0.29) is 12.0 Å². The monoisotopic (exact) mass is 272 g/mol. The third-order valence-corrected chi connectivity index (χ3v) is 3.29. The van der Waals surface area contributed by atoms with Crippen molar-refractivity contribution in [3.63, 3.8) is 0 Å². The average molecular weight is 272 g/mol. The molecule has 0 aliphatic carbocycles. The van der Waals surface area contributed by atoms with Crippen LogP contribution in [0.25, 0.3) is 11.3 Å². The number of aromatic nitrogens is 1. The van der Waals surface area contributed by atoms with Crippen LogP contribution in [-0.2, 0) is 16.1 Å². The van der Waals surface area contributed by atoms with Gasteiger partial charge in [0.1, 0.15) is 11.9 Å². The standard InChI is InChI=1S/C15H16N2O3/c18-15(14-4-2-6-20-14)17-9-11-7-12(10-16-8-11)13-3-1-5-19-13/h1,3,5,7-8,10,14H,2,4,6,9H2,(H,17,18)/t14-/m1/s1. The fourth-order valence-electron chi connectivity index (χ4n) is 2.25. The summed E-state index contributed by atoms with van der Waals surface area (Å²) in [6.45, 7) is 1.12. The summed E-state index contributed by atoms with van der Waals surface area (Å²) in [6, 6.07) is 5.68. The number of nitrogens with zero attached hydrogens (tertiary/aromatic N) is 1. The Morgan fingerprint density at radius 2 is 2.40 bits per heavy atom. The van der Waals surface area contributed by atoms with Crippen LogP contribution in [0.4, 0.5) is 0 Å². The highest BCUT2D eigenvalue weighted by molar-refractivity contribution is 5.80. The maximum Gasteiger partial charge on any atom is 0.249 e. The molecule has 1 saturated heterocycles. The molecule has 0 bridgehead atoms. The molecule has 5 heteroatoms. The lowest BCUT2D eigenvalue weighted by Crippen LogP contribution is -2.33. The number of pyridine rings is 1. The van der Waals surface area contributed by atoms with Gasteiger partial charge in [0.25, 0.3) is 0 Å². The third kappa shape index (κ3) is 2.88. The zero-order valence-electron chi connectivity index (χ0n) is 11.0. The molecule has 0 saturated carbocycles. The first-order valence-corrected chi connectivity index (χ1v) is 6.70. The predicted molar refractivity (Wildman–Crippen MR) is 72.8 cm³/mol. The van der Waals surface area contributed by atoms with Crippen LogP contribution in [0.1, 0.15) is 18.4 Å². The molecule has 3 heterocycles. The molecular weight excluding hydrogens is 256 g/mol. The van der Waals surface area contributed by atoms with E-state index in [0.29, 0.717) is 13.2 Å². The minimum Gasteiger partial charge on any atom is -0.464 e. The highest BCUT2D eigenvalue weighted by atomic mass is 16.5. The minimum absolute atomic E-state index is 0.0501. The molecule has 1 aliphatic rings. The Labute approximate surface area is 117 Å². The van der Waals surface area contributed by atoms with Gasteiger partial charge in [0.2, 0.25) is 5.91 Å². The van der Waals surface area contributed by atoms with Crippen molar-refractivity contribution < 1.29 is 13.9 Å². The molecule has 20 heavy (non-hydrogen) atoms. The summed E-state index contributed by atoms with van der Waals surface area (Å²) in [6.07, 6.45) is 6.56. The highest BCUT2D eigenvalue weighted by Gasteiger charge is 2.23. The molecule has 1 N–H and O–H groups in total. The number of hydrogen-bond donors (Lipinski definition) is 1. The first-order valence-electron chi connectivity index (χ1n) is 6.70. The fraction of sp³-hybridized carbons (Fsp3) is 0.333. The summed E-state index contributed by atoms with van der Waals surface area (Å²) in [7, 11) is 0. The number of ether oxygens (including phenoxy) is 1. The molecule has 0 radical (unpaired) electrons. The lowest BCUT2D eigenvalue weighted by Gasteiger charge is -2.10. The first-order chi connectivity index (χ1) is 9.83. The third-order valence-electron chi connectivity index (χ3n) is 3.29. The molecule has 0 unspecified atom stereocenters. The van der Waals surface area contributed by atoms with Crippen LogP contribution < -0.4 is 5.32 Å². The SMILES string of the molecule is O=C(NCc1cncc(-c2ccco2)c1)[C@H]1CCCO1. The van der Waals surface area contributed by atoms with Gasteiger partial charge in [-0.2, -0.15) is 0 Å². The van der Waals surface area contributed by atoms with Crippen molar-refractivity contribution in [3.8, 4) is 11.3 Å². The van der Waals surface area contributed by atoms with E-state index in [1.54, 1.807) is 18.7 Å². The van der Waals surface area contributed by atoms with E-state index < -0.39 is 0 Å². The summed E-state index contributed by atoms with van der Waals surface area (Å²) >= 11 is 0. The Morgan fingerprint density at radius 3 is 3.15 bits per heavy atom. The van der Waals surface area contributed by atoms with Gasteiger partial charge in [0.05, 0.1) is 6.26 Å². The van der Waals surface area contributed by atoms with Crippen LogP contribution in [0, 0.1) is 0 Å². The van der Waals surface area contributed by atoms with Gasteiger partial charge in [-0.1, -0.05) is 0 Å². The summed E-state index contributed by atoms with van der Waals surface area (Å²) in [5.41, 5.74) is 1.84. The number of hydrogen-bond acceptors (Lipinski definition) is 4. The minimum atomic E-state index is -0.295. The molecule has 2 aromatic heterocycles. The number of rotatable bonds is 4. The summed E-state index contributed by atoms with van der Waals surface area (Å²) < 4.78 is 10.7. The van der Waals surface area contributed by atoms with Crippen molar-refractivity contribution in [1.29, 1.82) is 0 Å². The number of amides is 1. The fourth-order valence-corrected chi connectivity index (χ4v) is 2.25. The van der Waals surface area contributed by atoms with Crippen molar-refractivity contribution in [1.82, 2.24) is 10.3 Å². The number of carbonyl (C=O) groups excluding carboxylic acids is 1. The second-order valence-corrected chi connectivity index (χ2v) is 4.78. The van der Waals surface area contributed by atoms with Crippen LogP contribution in [0.15, 0.2) is 41.3 Å². The Balaban J connectivity index is 1.63. The van der Waals surface area contributed by atoms with Crippen LogP contribution in [0.2, 0.25) is 0 Å². The molecular formula is C15H16N2O3. The summed E-state index contributed by atoms with van der Waals surface area (Å²) in [5, 5.41) is 2.88. The number of furan rings is 1. The van der Waals surface area contributed by atoms with Gasteiger partial charge in [0.15, 0.2) is 0 Å². The van der Waals surface area contributed by atoms with Crippen molar-refractivity contribution in [2.75, 3.05) is 6.61 Å². The van der Waals surface area contributed by atoms with Crippen molar-refractivity contribution in [2.45, 2.75) is 25.5 Å². The van der Waals surface area contributed by atoms with Gasteiger partial charge < -0.3 is 14.5 Å². The molecule has 5 nitrogen and oxygen atoms in total. The van der Waals surface area contributed by atoms with Gasteiger partial charge in [-0.15, -0.1) is 0 Å². The van der Waals surface area contributed by atoms with Gasteiger partial charge in [-0.25, -0.2) is 0 Å². The molecule has 1 amide bonds. The predicted octanol–water partition coefficient (Wildman–Crippen LogP) is 2.14. The second-order valence-electron chi connectivity index (χ2n) is 4.78. The highest BCUT2D eigenvalue weighted by Crippen LogP contribution is 2.19. The molecule has 104 valence electrons. The van der Waals surface area contributed by atoms with Crippen LogP contribution >= 0.6 is 0 Å². The van der Waals surface area contributed by atoms with E-state index in [9.17, 15) is 4.79 Å². The number of carbonyl (C=O) groups is 1. The summed E-state index contributed by atoms with van der Waals surface area (Å²) in [4.78, 5) is 16.0. The van der Waals surface area contributed by atoms with Gasteiger partial charge >= 0.3 is 0 Å². The molecule has 0 aromatic carbocycles. The molecule has 1 aliphatic heterocycles. The Bertz CT molecular complexity index is 575. The Hall–Kier alpha value is -2.14. The van der Waals surface area contributed by atoms with Crippen molar-refractivity contribution in [3.05, 3.63) is 42.4 Å². The molecule has 3 rings (SSSR count). The van der Waals surface area contributed by atoms with E-state index in [1.165, 1.54) is 0 Å². The Kier molecular flexibility index (Phi) is 3.78. The maximum atomic E-state index is 11.9. The zero-order valence-corrected chi connectivity index (χ0v) is 11.0. The lowest BCUT2D eigenvalue weighted by atomic mass is 10.1. The summed E-state index contributed by atoms with van der Waals surface area (Å²) in [5.74, 6) is 0.718. The van der Waals surface area contributed by atoms with Gasteiger partial charge in [-0.05, 0) is 36.6 Å². The van der Waals surface area contributed by atoms with E-state index >= 15 is 0 Å². The van der Waals surface area contributed by atoms with E-state index in [1.807, 2.05) is 18.2 Å². The van der Waals surface area contributed by atoms with Crippen molar-refractivity contribution >= 4 is 5.91 Å². The van der Waals surface area contributed by atoms with Crippen LogP contribution in [-0.4, -0.2) is 23.6 Å². The van der Waals surface area contributed by atoms with E-state index in [2.05, 4.69) is 10.3 Å². The second kappa shape index (κ2) is 5.88. The lowest BCUT2D eigenvalue weighted by molar-refractivity contribution is -0.130. The normalized spacial score (nSPS) is 18.1. The zero-order chi connectivity index (χ0) is 13.8. The maximum absolute atomic E-state index is 11.9. The topological polar surface area (TPSA) is 64.4 Å². The average Bonchev–Trinajstić information content (AvgIpc) is 3.17. The molecule has 0 spiro atoms. The molecule has 2 aromatic rings. The molecule has 1 atom stereocenters. The van der Waals surface area contributed by atoms with E-state index in [0.717, 1.165) is 29.7 Å².